The van der Waals surface area contributed by atoms with Crippen molar-refractivity contribution in [3.8, 4) is 0 Å². The van der Waals surface area contributed by atoms with Gasteiger partial charge in [0.15, 0.2) is 0 Å². The Hall–Kier alpha value is -1.32. The zero-order valence-corrected chi connectivity index (χ0v) is 8.07. The average Bonchev–Trinajstić information content (AvgIpc) is 2.62. The summed E-state index contributed by atoms with van der Waals surface area (Å²) in [6.07, 6.45) is 1.37. The number of rotatable bonds is 2. The number of aliphatic hydroxyl groups excluding tert-OH is 1. The Morgan fingerprint density at radius 2 is 2.14 bits per heavy atom. The Morgan fingerprint density at radius 3 is 2.86 bits per heavy atom. The number of nitrogens with one attached hydrogen (secondary N) is 1. The predicted octanol–water partition coefficient (Wildman–Crippen LogP) is 1.55. The lowest BCUT2D eigenvalue weighted by Crippen LogP contribution is -2.22. The van der Waals surface area contributed by atoms with E-state index in [1.54, 1.807) is 6.92 Å². The van der Waals surface area contributed by atoms with Crippen molar-refractivity contribution in [1.82, 2.24) is 4.98 Å². The summed E-state index contributed by atoms with van der Waals surface area (Å²) < 4.78 is 0. The van der Waals surface area contributed by atoms with Crippen molar-refractivity contribution in [3.05, 3.63) is 36.0 Å². The smallest absolute Gasteiger partial charge is 0.0704 e. The standard InChI is InChI=1S/C11H14N2O/c1-7(14)11(12)9-3-2-8-4-5-13-10(8)6-9/h2-7,11,13-14H,12H2,1H3/t7-,11+/m0/s1. The van der Waals surface area contributed by atoms with E-state index in [0.717, 1.165) is 16.5 Å². The summed E-state index contributed by atoms with van der Waals surface area (Å²) in [5, 5.41) is 10.5. The van der Waals surface area contributed by atoms with Gasteiger partial charge in [0.05, 0.1) is 12.1 Å². The van der Waals surface area contributed by atoms with Crippen molar-refractivity contribution in [2.45, 2.75) is 19.1 Å². The van der Waals surface area contributed by atoms with Crippen LogP contribution in [-0.2, 0) is 0 Å². The fraction of sp³-hybridized carbons (Fsp3) is 0.273. The molecule has 1 heterocycles. The van der Waals surface area contributed by atoms with Gasteiger partial charge in [-0.15, -0.1) is 0 Å². The van der Waals surface area contributed by atoms with Crippen molar-refractivity contribution in [2.75, 3.05) is 0 Å². The first kappa shape index (κ1) is 9.24. The second kappa shape index (κ2) is 3.44. The molecule has 0 aliphatic carbocycles. The molecule has 0 saturated carbocycles. The summed E-state index contributed by atoms with van der Waals surface area (Å²) in [5.41, 5.74) is 7.84. The van der Waals surface area contributed by atoms with Crippen LogP contribution in [0.15, 0.2) is 30.5 Å². The van der Waals surface area contributed by atoms with Gasteiger partial charge in [0.1, 0.15) is 0 Å². The molecule has 0 amide bonds. The monoisotopic (exact) mass is 190 g/mol. The normalized spacial score (nSPS) is 15.6. The second-order valence-corrected chi connectivity index (χ2v) is 3.59. The lowest BCUT2D eigenvalue weighted by molar-refractivity contribution is 0.164. The van der Waals surface area contributed by atoms with Crippen LogP contribution >= 0.6 is 0 Å². The van der Waals surface area contributed by atoms with Crippen LogP contribution in [-0.4, -0.2) is 16.2 Å². The second-order valence-electron chi connectivity index (χ2n) is 3.59. The first-order valence-corrected chi connectivity index (χ1v) is 4.69. The molecule has 0 saturated heterocycles. The topological polar surface area (TPSA) is 62.0 Å². The van der Waals surface area contributed by atoms with Crippen molar-refractivity contribution in [1.29, 1.82) is 0 Å². The number of hydrogen-bond donors (Lipinski definition) is 3. The molecule has 14 heavy (non-hydrogen) atoms. The summed E-state index contributed by atoms with van der Waals surface area (Å²) in [6, 6.07) is 7.62. The van der Waals surface area contributed by atoms with E-state index in [1.807, 2.05) is 30.5 Å². The number of aliphatic hydroxyl groups is 1. The molecular weight excluding hydrogens is 176 g/mol. The van der Waals surface area contributed by atoms with Crippen LogP contribution in [0.1, 0.15) is 18.5 Å². The molecule has 0 aliphatic rings. The zero-order chi connectivity index (χ0) is 10.1. The van der Waals surface area contributed by atoms with E-state index < -0.39 is 6.10 Å². The molecule has 0 spiro atoms. The van der Waals surface area contributed by atoms with Crippen LogP contribution in [0.2, 0.25) is 0 Å². The molecule has 4 N–H and O–H groups in total. The molecule has 74 valence electrons. The van der Waals surface area contributed by atoms with E-state index >= 15 is 0 Å². The summed E-state index contributed by atoms with van der Waals surface area (Å²) >= 11 is 0. The fourth-order valence-electron chi connectivity index (χ4n) is 1.55. The molecule has 0 aliphatic heterocycles. The maximum Gasteiger partial charge on any atom is 0.0704 e. The summed E-state index contributed by atoms with van der Waals surface area (Å²) in [7, 11) is 0. The van der Waals surface area contributed by atoms with Gasteiger partial charge in [-0.1, -0.05) is 12.1 Å². The highest BCUT2D eigenvalue weighted by Crippen LogP contribution is 2.19. The molecule has 3 heteroatoms. The Morgan fingerprint density at radius 1 is 1.36 bits per heavy atom. The molecule has 0 fully saturated rings. The fourth-order valence-corrected chi connectivity index (χ4v) is 1.55. The van der Waals surface area contributed by atoms with Crippen LogP contribution in [0.4, 0.5) is 0 Å². The molecule has 2 atom stereocenters. The third-order valence-electron chi connectivity index (χ3n) is 2.48. The van der Waals surface area contributed by atoms with Crippen LogP contribution in [0.5, 0.6) is 0 Å². The van der Waals surface area contributed by atoms with Gasteiger partial charge >= 0.3 is 0 Å². The van der Waals surface area contributed by atoms with Gasteiger partial charge in [0, 0.05) is 11.7 Å². The Kier molecular flexibility index (Phi) is 2.27. The van der Waals surface area contributed by atoms with E-state index in [2.05, 4.69) is 4.98 Å². The van der Waals surface area contributed by atoms with E-state index in [-0.39, 0.29) is 6.04 Å². The maximum atomic E-state index is 9.36. The van der Waals surface area contributed by atoms with Gasteiger partial charge in [0.25, 0.3) is 0 Å². The highest BCUT2D eigenvalue weighted by molar-refractivity contribution is 5.79. The van der Waals surface area contributed by atoms with Gasteiger partial charge in [-0.05, 0) is 30.0 Å². The molecular formula is C11H14N2O. The van der Waals surface area contributed by atoms with E-state index in [1.165, 1.54) is 0 Å². The molecule has 2 rings (SSSR count). The third-order valence-corrected chi connectivity index (χ3v) is 2.48. The number of benzene rings is 1. The van der Waals surface area contributed by atoms with Crippen LogP contribution in [0, 0.1) is 0 Å². The molecule has 0 radical (unpaired) electrons. The first-order valence-electron chi connectivity index (χ1n) is 4.69. The number of H-pyrrole nitrogens is 1. The minimum absolute atomic E-state index is 0.317. The third kappa shape index (κ3) is 1.52. The van der Waals surface area contributed by atoms with Crippen molar-refractivity contribution < 1.29 is 5.11 Å². The SMILES string of the molecule is C[C@H](O)[C@@H](N)c1ccc2cc[nH]c2c1. The number of nitrogens with two attached hydrogens (primary N) is 1. The lowest BCUT2D eigenvalue weighted by atomic mass is 10.0. The molecule has 1 aromatic carbocycles. The summed E-state index contributed by atoms with van der Waals surface area (Å²) in [4.78, 5) is 3.12. The van der Waals surface area contributed by atoms with Crippen molar-refractivity contribution in [3.63, 3.8) is 0 Å². The van der Waals surface area contributed by atoms with Crippen LogP contribution in [0.3, 0.4) is 0 Å². The van der Waals surface area contributed by atoms with Gasteiger partial charge in [-0.25, -0.2) is 0 Å². The Labute approximate surface area is 82.6 Å². The summed E-state index contributed by atoms with van der Waals surface area (Å²) in [6.45, 7) is 1.70. The van der Waals surface area contributed by atoms with Gasteiger partial charge in [-0.2, -0.15) is 0 Å². The number of aromatic amines is 1. The largest absolute Gasteiger partial charge is 0.391 e. The van der Waals surface area contributed by atoms with E-state index in [4.69, 9.17) is 5.73 Å². The highest BCUT2D eigenvalue weighted by atomic mass is 16.3. The molecule has 0 bridgehead atoms. The Bertz CT molecular complexity index is 434. The number of aromatic nitrogens is 1. The van der Waals surface area contributed by atoms with Crippen molar-refractivity contribution >= 4 is 10.9 Å². The molecule has 2 aromatic rings. The quantitative estimate of drug-likeness (QED) is 0.672. The number of hydrogen-bond acceptors (Lipinski definition) is 2. The van der Waals surface area contributed by atoms with Gasteiger partial charge < -0.3 is 15.8 Å². The lowest BCUT2D eigenvalue weighted by Gasteiger charge is -2.14. The molecule has 1 aromatic heterocycles. The van der Waals surface area contributed by atoms with E-state index in [0.29, 0.717) is 0 Å². The van der Waals surface area contributed by atoms with Crippen LogP contribution in [0.25, 0.3) is 10.9 Å². The molecule has 3 nitrogen and oxygen atoms in total. The minimum Gasteiger partial charge on any atom is -0.391 e. The average molecular weight is 190 g/mol. The number of fused-ring (bicyclic) bond motifs is 1. The predicted molar refractivity (Wildman–Crippen MR) is 56.9 cm³/mol. The van der Waals surface area contributed by atoms with Crippen LogP contribution < -0.4 is 5.73 Å². The summed E-state index contributed by atoms with van der Waals surface area (Å²) in [5.74, 6) is 0. The molecule has 0 unspecified atom stereocenters. The minimum atomic E-state index is -0.526. The van der Waals surface area contributed by atoms with Gasteiger partial charge in [-0.3, -0.25) is 0 Å². The Balaban J connectivity index is 2.43. The first-order chi connectivity index (χ1) is 6.68. The van der Waals surface area contributed by atoms with E-state index in [9.17, 15) is 5.11 Å². The maximum absolute atomic E-state index is 9.36. The van der Waals surface area contributed by atoms with Crippen molar-refractivity contribution in [2.24, 2.45) is 5.73 Å². The highest BCUT2D eigenvalue weighted by Gasteiger charge is 2.11. The van der Waals surface area contributed by atoms with Gasteiger partial charge in [0.2, 0.25) is 0 Å². The zero-order valence-electron chi connectivity index (χ0n) is 8.07.